The maximum Gasteiger partial charge on any atom is 0.100 e. The van der Waals surface area contributed by atoms with Gasteiger partial charge in [0.1, 0.15) is 6.61 Å². The van der Waals surface area contributed by atoms with Gasteiger partial charge >= 0.3 is 0 Å². The van der Waals surface area contributed by atoms with Crippen LogP contribution in [0.1, 0.15) is 12.8 Å². The summed E-state index contributed by atoms with van der Waals surface area (Å²) in [7, 11) is 0. The Morgan fingerprint density at radius 1 is 1.38 bits per heavy atom. The largest absolute Gasteiger partial charge is 0.232 e. The third-order valence-electron chi connectivity index (χ3n) is 0.767. The predicted octanol–water partition coefficient (Wildman–Crippen LogP) is 2.19. The van der Waals surface area contributed by atoms with Gasteiger partial charge in [0.25, 0.3) is 0 Å². The molecule has 0 aliphatic heterocycles. The molecule has 1 nitrogen and oxygen atoms in total. The Labute approximate surface area is 63.9 Å². The maximum absolute atomic E-state index is 9.80. The molecule has 0 aliphatic rings. The summed E-state index contributed by atoms with van der Waals surface area (Å²) in [5.74, 6) is 0. The van der Waals surface area contributed by atoms with E-state index in [4.69, 9.17) is 0 Å². The van der Waals surface area contributed by atoms with Crippen LogP contribution in [0.25, 0.3) is 0 Å². The Morgan fingerprint density at radius 3 is 2.62 bits per heavy atom. The van der Waals surface area contributed by atoms with Crippen LogP contribution < -0.4 is 0 Å². The van der Waals surface area contributed by atoms with Gasteiger partial charge in [-0.15, -0.1) is 0 Å². The SMILES string of the molecule is [O]C/C=C/CCCI. The van der Waals surface area contributed by atoms with Crippen molar-refractivity contribution in [2.75, 3.05) is 11.0 Å². The lowest BCUT2D eigenvalue weighted by Crippen LogP contribution is -1.72. The summed E-state index contributed by atoms with van der Waals surface area (Å²) in [5.41, 5.74) is 0. The van der Waals surface area contributed by atoms with E-state index in [-0.39, 0.29) is 6.61 Å². The van der Waals surface area contributed by atoms with Crippen molar-refractivity contribution >= 4 is 22.6 Å². The highest BCUT2D eigenvalue weighted by atomic mass is 127. The maximum atomic E-state index is 9.80. The van der Waals surface area contributed by atoms with Gasteiger partial charge in [-0.2, -0.15) is 0 Å². The Bertz CT molecular complexity index is 61.5. The van der Waals surface area contributed by atoms with Crippen molar-refractivity contribution in [1.82, 2.24) is 0 Å². The van der Waals surface area contributed by atoms with Gasteiger partial charge in [0, 0.05) is 0 Å². The van der Waals surface area contributed by atoms with E-state index in [0.29, 0.717) is 0 Å². The zero-order chi connectivity index (χ0) is 6.24. The van der Waals surface area contributed by atoms with Gasteiger partial charge in [-0.1, -0.05) is 34.7 Å². The van der Waals surface area contributed by atoms with Crippen molar-refractivity contribution in [1.29, 1.82) is 0 Å². The van der Waals surface area contributed by atoms with Crippen LogP contribution in [0.5, 0.6) is 0 Å². The minimum absolute atomic E-state index is 0.0682. The summed E-state index contributed by atoms with van der Waals surface area (Å²) in [6, 6.07) is 0. The molecule has 0 saturated heterocycles. The first-order chi connectivity index (χ1) is 3.91. The van der Waals surface area contributed by atoms with Crippen LogP contribution in [0, 0.1) is 0 Å². The van der Waals surface area contributed by atoms with Crippen LogP contribution >= 0.6 is 22.6 Å². The molecule has 0 bridgehead atoms. The molecule has 0 aromatic rings. The van der Waals surface area contributed by atoms with Crippen molar-refractivity contribution in [3.63, 3.8) is 0 Å². The second kappa shape index (κ2) is 7.43. The topological polar surface area (TPSA) is 19.9 Å². The monoisotopic (exact) mass is 225 g/mol. The molecule has 0 rings (SSSR count). The second-order valence-electron chi connectivity index (χ2n) is 1.47. The Balaban J connectivity index is 2.80. The number of hydrogen-bond donors (Lipinski definition) is 0. The summed E-state index contributed by atoms with van der Waals surface area (Å²) in [5, 5.41) is 9.80. The van der Waals surface area contributed by atoms with Gasteiger partial charge in [0.15, 0.2) is 0 Å². The standard InChI is InChI=1S/C6H10IO/c7-5-3-1-2-4-6-8/h2,4H,1,3,5-6H2/b4-2+. The minimum atomic E-state index is -0.0682. The molecule has 2 heteroatoms. The summed E-state index contributed by atoms with van der Waals surface area (Å²) < 4.78 is 1.18. The molecule has 0 saturated carbocycles. The Hall–Kier alpha value is 0.430. The smallest absolute Gasteiger partial charge is 0.100 e. The minimum Gasteiger partial charge on any atom is -0.232 e. The molecule has 0 aromatic carbocycles. The molecule has 0 aromatic heterocycles. The van der Waals surface area contributed by atoms with E-state index >= 15 is 0 Å². The molecule has 0 amide bonds. The molecule has 1 radical (unpaired) electrons. The highest BCUT2D eigenvalue weighted by molar-refractivity contribution is 14.1. The number of allylic oxidation sites excluding steroid dienone is 1. The van der Waals surface area contributed by atoms with E-state index in [1.54, 1.807) is 6.08 Å². The number of rotatable bonds is 4. The lowest BCUT2D eigenvalue weighted by molar-refractivity contribution is 0.232. The highest BCUT2D eigenvalue weighted by Crippen LogP contribution is 1.94. The fraction of sp³-hybridized carbons (Fsp3) is 0.667. The molecule has 0 unspecified atom stereocenters. The van der Waals surface area contributed by atoms with Gasteiger partial charge in [0.2, 0.25) is 0 Å². The molecular weight excluding hydrogens is 215 g/mol. The molecule has 0 fully saturated rings. The molecule has 47 valence electrons. The Morgan fingerprint density at radius 2 is 2.12 bits per heavy atom. The van der Waals surface area contributed by atoms with Gasteiger partial charge < -0.3 is 0 Å². The number of hydrogen-bond acceptors (Lipinski definition) is 0. The number of unbranched alkanes of at least 4 members (excludes halogenated alkanes) is 1. The average molecular weight is 225 g/mol. The highest BCUT2D eigenvalue weighted by Gasteiger charge is 1.76. The summed E-state index contributed by atoms with van der Waals surface area (Å²) in [4.78, 5) is 0. The quantitative estimate of drug-likeness (QED) is 0.302. The average Bonchev–Trinajstić information content (AvgIpc) is 1.81. The van der Waals surface area contributed by atoms with Gasteiger partial charge in [0.05, 0.1) is 0 Å². The van der Waals surface area contributed by atoms with Crippen molar-refractivity contribution in [3.8, 4) is 0 Å². The van der Waals surface area contributed by atoms with E-state index in [0.717, 1.165) is 6.42 Å². The second-order valence-corrected chi connectivity index (χ2v) is 2.55. The first-order valence-corrected chi connectivity index (χ1v) is 4.23. The van der Waals surface area contributed by atoms with E-state index < -0.39 is 0 Å². The predicted molar refractivity (Wildman–Crippen MR) is 42.8 cm³/mol. The van der Waals surface area contributed by atoms with E-state index in [2.05, 4.69) is 22.6 Å². The van der Waals surface area contributed by atoms with Crippen LogP contribution in [0.2, 0.25) is 0 Å². The molecule has 0 atom stereocenters. The van der Waals surface area contributed by atoms with Crippen LogP contribution in [0.15, 0.2) is 12.2 Å². The van der Waals surface area contributed by atoms with E-state index in [9.17, 15) is 5.11 Å². The van der Waals surface area contributed by atoms with Gasteiger partial charge in [-0.3, -0.25) is 0 Å². The van der Waals surface area contributed by atoms with Gasteiger partial charge in [-0.25, -0.2) is 5.11 Å². The number of halogens is 1. The fourth-order valence-electron chi connectivity index (χ4n) is 0.381. The zero-order valence-corrected chi connectivity index (χ0v) is 6.93. The lowest BCUT2D eigenvalue weighted by Gasteiger charge is -1.83. The van der Waals surface area contributed by atoms with E-state index in [1.807, 2.05) is 6.08 Å². The van der Waals surface area contributed by atoms with Gasteiger partial charge in [-0.05, 0) is 17.3 Å². The summed E-state index contributed by atoms with van der Waals surface area (Å²) in [6.07, 6.45) is 5.88. The first kappa shape index (κ1) is 8.43. The van der Waals surface area contributed by atoms with Crippen molar-refractivity contribution in [2.45, 2.75) is 12.8 Å². The van der Waals surface area contributed by atoms with Crippen LogP contribution in [0.3, 0.4) is 0 Å². The third-order valence-corrected chi connectivity index (χ3v) is 1.53. The molecule has 0 heterocycles. The van der Waals surface area contributed by atoms with E-state index in [1.165, 1.54) is 10.8 Å². The van der Waals surface area contributed by atoms with Crippen molar-refractivity contribution < 1.29 is 5.11 Å². The van der Waals surface area contributed by atoms with Crippen molar-refractivity contribution in [2.24, 2.45) is 0 Å². The van der Waals surface area contributed by atoms with Crippen LogP contribution in [-0.4, -0.2) is 11.0 Å². The zero-order valence-electron chi connectivity index (χ0n) is 4.77. The fourth-order valence-corrected chi connectivity index (χ4v) is 0.821. The van der Waals surface area contributed by atoms with Crippen LogP contribution in [0.4, 0.5) is 0 Å². The molecule has 0 spiro atoms. The lowest BCUT2D eigenvalue weighted by atomic mass is 10.3. The van der Waals surface area contributed by atoms with Crippen molar-refractivity contribution in [3.05, 3.63) is 12.2 Å². The number of alkyl halides is 1. The Kier molecular flexibility index (Phi) is 7.83. The molecule has 8 heavy (non-hydrogen) atoms. The molecular formula is C6H10IO. The normalized spacial score (nSPS) is 10.8. The first-order valence-electron chi connectivity index (χ1n) is 2.71. The summed E-state index contributed by atoms with van der Waals surface area (Å²) in [6.45, 7) is -0.0682. The molecule has 0 N–H and O–H groups in total. The third kappa shape index (κ3) is 6.43. The molecule has 0 aliphatic carbocycles. The van der Waals surface area contributed by atoms with Crippen LogP contribution in [-0.2, 0) is 5.11 Å². The summed E-state index contributed by atoms with van der Waals surface area (Å²) >= 11 is 2.33.